The van der Waals surface area contributed by atoms with Gasteiger partial charge in [0.25, 0.3) is 5.69 Å². The van der Waals surface area contributed by atoms with E-state index in [0.717, 1.165) is 5.56 Å². The van der Waals surface area contributed by atoms with Crippen LogP contribution in [0.25, 0.3) is 0 Å². The van der Waals surface area contributed by atoms with Crippen LogP contribution in [0.5, 0.6) is 0 Å². The van der Waals surface area contributed by atoms with Crippen molar-refractivity contribution < 1.29 is 9.72 Å². The summed E-state index contributed by atoms with van der Waals surface area (Å²) in [4.78, 5) is 29.8. The molecule has 0 aromatic carbocycles. The van der Waals surface area contributed by atoms with Gasteiger partial charge >= 0.3 is 0 Å². The monoisotopic (exact) mass is 304 g/mol. The zero-order chi connectivity index (χ0) is 15.2. The Kier molecular flexibility index (Phi) is 4.83. The molecule has 8 heteroatoms. The number of aromatic nitrogens is 2. The third-order valence-electron chi connectivity index (χ3n) is 2.55. The molecule has 2 rings (SSSR count). The Morgan fingerprint density at radius 3 is 2.81 bits per heavy atom. The van der Waals surface area contributed by atoms with E-state index in [1.807, 2.05) is 13.0 Å². The summed E-state index contributed by atoms with van der Waals surface area (Å²) in [5, 5.41) is 13.8. The minimum absolute atomic E-state index is 0.0760. The second-order valence-corrected chi connectivity index (χ2v) is 5.11. The van der Waals surface area contributed by atoms with Crippen LogP contribution in [0.3, 0.4) is 0 Å². The van der Waals surface area contributed by atoms with Crippen LogP contribution in [0.1, 0.15) is 5.56 Å². The minimum Gasteiger partial charge on any atom is -0.310 e. The van der Waals surface area contributed by atoms with Gasteiger partial charge in [0, 0.05) is 12.3 Å². The van der Waals surface area contributed by atoms with Crippen molar-refractivity contribution in [1.29, 1.82) is 0 Å². The van der Waals surface area contributed by atoms with Crippen LogP contribution >= 0.6 is 11.8 Å². The Balaban J connectivity index is 1.89. The Hall–Kier alpha value is -2.48. The number of rotatable bonds is 5. The fraction of sp³-hybridized carbons (Fsp3) is 0.154. The number of carbonyl (C=O) groups is 1. The number of thioether (sulfide) groups is 1. The maximum absolute atomic E-state index is 11.8. The van der Waals surface area contributed by atoms with E-state index in [1.165, 1.54) is 30.1 Å². The topological polar surface area (TPSA) is 98.0 Å². The van der Waals surface area contributed by atoms with Gasteiger partial charge in [-0.2, -0.15) is 0 Å². The lowest BCUT2D eigenvalue weighted by molar-refractivity contribution is -0.385. The first-order valence-electron chi connectivity index (χ1n) is 6.01. The molecular formula is C13H12N4O3S. The number of carbonyl (C=O) groups excluding carboxylic acids is 1. The van der Waals surface area contributed by atoms with Gasteiger partial charge in [0.15, 0.2) is 0 Å². The molecule has 108 valence electrons. The highest BCUT2D eigenvalue weighted by Crippen LogP contribution is 2.18. The van der Waals surface area contributed by atoms with Crippen LogP contribution in [-0.4, -0.2) is 26.6 Å². The molecular weight excluding hydrogens is 292 g/mol. The van der Waals surface area contributed by atoms with Crippen molar-refractivity contribution in [2.75, 3.05) is 11.1 Å². The number of nitrogens with one attached hydrogen (secondary N) is 1. The van der Waals surface area contributed by atoms with Gasteiger partial charge in [0.1, 0.15) is 12.0 Å². The predicted molar refractivity (Wildman–Crippen MR) is 79.2 cm³/mol. The quantitative estimate of drug-likeness (QED) is 0.517. The number of hydrogen-bond donors (Lipinski definition) is 1. The molecule has 0 aliphatic carbocycles. The second kappa shape index (κ2) is 6.80. The van der Waals surface area contributed by atoms with E-state index in [1.54, 1.807) is 12.3 Å². The Bertz CT molecular complexity index is 661. The highest BCUT2D eigenvalue weighted by atomic mass is 32.2. The number of hydrogen-bond acceptors (Lipinski definition) is 6. The van der Waals surface area contributed by atoms with E-state index in [-0.39, 0.29) is 17.3 Å². The number of amides is 1. The van der Waals surface area contributed by atoms with E-state index in [2.05, 4.69) is 15.3 Å². The summed E-state index contributed by atoms with van der Waals surface area (Å²) in [7, 11) is 0. The molecule has 0 radical (unpaired) electrons. The van der Waals surface area contributed by atoms with Crippen LogP contribution in [0.4, 0.5) is 11.5 Å². The van der Waals surface area contributed by atoms with Crippen LogP contribution in [0, 0.1) is 17.0 Å². The van der Waals surface area contributed by atoms with Crippen molar-refractivity contribution >= 4 is 29.2 Å². The van der Waals surface area contributed by atoms with Crippen LogP contribution in [-0.2, 0) is 4.79 Å². The molecule has 7 nitrogen and oxygen atoms in total. The van der Waals surface area contributed by atoms with Crippen LogP contribution in [0.2, 0.25) is 0 Å². The summed E-state index contributed by atoms with van der Waals surface area (Å²) in [6.45, 7) is 1.85. The number of anilines is 1. The third kappa shape index (κ3) is 4.25. The molecule has 0 unspecified atom stereocenters. The number of aryl methyl sites for hydroxylation is 1. The van der Waals surface area contributed by atoms with E-state index >= 15 is 0 Å². The van der Waals surface area contributed by atoms with Gasteiger partial charge in [-0.25, -0.2) is 9.97 Å². The molecule has 1 amide bonds. The highest BCUT2D eigenvalue weighted by molar-refractivity contribution is 7.99. The van der Waals surface area contributed by atoms with Crippen molar-refractivity contribution in [2.45, 2.75) is 11.9 Å². The zero-order valence-corrected chi connectivity index (χ0v) is 12.0. The molecule has 0 saturated carbocycles. The largest absolute Gasteiger partial charge is 0.310 e. The molecule has 21 heavy (non-hydrogen) atoms. The van der Waals surface area contributed by atoms with Gasteiger partial charge in [-0.05, 0) is 24.6 Å². The molecule has 1 N–H and O–H groups in total. The number of nitrogens with zero attached hydrogens (tertiary/aromatic N) is 3. The second-order valence-electron chi connectivity index (χ2n) is 4.12. The maximum Gasteiger partial charge on any atom is 0.287 e. The fourth-order valence-electron chi connectivity index (χ4n) is 1.49. The Morgan fingerprint density at radius 1 is 1.38 bits per heavy atom. The average Bonchev–Trinajstić information content (AvgIpc) is 2.48. The lowest BCUT2D eigenvalue weighted by Crippen LogP contribution is -2.15. The van der Waals surface area contributed by atoms with Crippen LogP contribution < -0.4 is 5.32 Å². The predicted octanol–water partition coefficient (Wildman–Crippen LogP) is 2.42. The first-order valence-corrected chi connectivity index (χ1v) is 6.99. The lowest BCUT2D eigenvalue weighted by atomic mass is 10.3. The smallest absolute Gasteiger partial charge is 0.287 e. The summed E-state index contributed by atoms with van der Waals surface area (Å²) in [6.07, 6.45) is 2.77. The zero-order valence-electron chi connectivity index (χ0n) is 11.1. The van der Waals surface area contributed by atoms with E-state index in [9.17, 15) is 14.9 Å². The fourth-order valence-corrected chi connectivity index (χ4v) is 2.13. The first-order chi connectivity index (χ1) is 10.1. The maximum atomic E-state index is 11.8. The van der Waals surface area contributed by atoms with E-state index in [4.69, 9.17) is 0 Å². The van der Waals surface area contributed by atoms with E-state index < -0.39 is 4.92 Å². The molecule has 0 aliphatic heterocycles. The van der Waals surface area contributed by atoms with Gasteiger partial charge in [-0.3, -0.25) is 14.9 Å². The summed E-state index contributed by atoms with van der Waals surface area (Å²) < 4.78 is 0. The molecule has 0 bridgehead atoms. The summed E-state index contributed by atoms with van der Waals surface area (Å²) in [6, 6.07) is 6.52. The Morgan fingerprint density at radius 2 is 2.19 bits per heavy atom. The molecule has 0 spiro atoms. The minimum atomic E-state index is -0.516. The van der Waals surface area contributed by atoms with E-state index in [0.29, 0.717) is 10.8 Å². The van der Waals surface area contributed by atoms with Crippen molar-refractivity contribution in [2.24, 2.45) is 0 Å². The van der Waals surface area contributed by atoms with Gasteiger partial charge in [-0.15, -0.1) is 0 Å². The molecule has 0 fully saturated rings. The van der Waals surface area contributed by atoms with Gasteiger partial charge in [0.2, 0.25) is 5.91 Å². The molecule has 2 aromatic rings. The van der Waals surface area contributed by atoms with Gasteiger partial charge in [0.05, 0.1) is 15.7 Å². The summed E-state index contributed by atoms with van der Waals surface area (Å²) in [5.41, 5.74) is 0.803. The molecule has 2 aromatic heterocycles. The van der Waals surface area contributed by atoms with Crippen molar-refractivity contribution in [1.82, 2.24) is 9.97 Å². The summed E-state index contributed by atoms with van der Waals surface area (Å²) in [5.74, 6) is 0.475. The lowest BCUT2D eigenvalue weighted by Gasteiger charge is -2.06. The Labute approximate surface area is 125 Å². The van der Waals surface area contributed by atoms with Gasteiger partial charge in [-0.1, -0.05) is 17.8 Å². The van der Waals surface area contributed by atoms with Crippen molar-refractivity contribution in [3.05, 3.63) is 52.3 Å². The number of pyridine rings is 2. The number of nitro groups is 1. The molecule has 0 saturated heterocycles. The highest BCUT2D eigenvalue weighted by Gasteiger charge is 2.09. The third-order valence-corrected chi connectivity index (χ3v) is 3.49. The first kappa shape index (κ1) is 14.9. The molecule has 0 aliphatic rings. The van der Waals surface area contributed by atoms with Crippen LogP contribution in [0.15, 0.2) is 41.7 Å². The normalized spacial score (nSPS) is 10.1. The molecule has 2 heterocycles. The SMILES string of the molecule is Cc1cccnc1NC(=O)CSc1ccc([N+](=O)[O-])cn1. The summed E-state index contributed by atoms with van der Waals surface area (Å²) >= 11 is 1.20. The molecule has 0 atom stereocenters. The standard InChI is InChI=1S/C13H12N4O3S/c1-9-3-2-6-14-13(9)16-11(18)8-21-12-5-4-10(7-15-12)17(19)20/h2-7H,8H2,1H3,(H,14,16,18). The van der Waals surface area contributed by atoms with Crippen molar-refractivity contribution in [3.8, 4) is 0 Å². The van der Waals surface area contributed by atoms with Crippen molar-refractivity contribution in [3.63, 3.8) is 0 Å². The van der Waals surface area contributed by atoms with Gasteiger partial charge < -0.3 is 5.32 Å². The average molecular weight is 304 g/mol.